The molecule has 128 valence electrons. The maximum atomic E-state index is 12.5. The lowest BCUT2D eigenvalue weighted by atomic mass is 10.2. The molecule has 0 radical (unpaired) electrons. The monoisotopic (exact) mass is 343 g/mol. The molecule has 1 aromatic rings. The Hall–Kier alpha value is -1.55. The molecule has 1 aliphatic rings. The van der Waals surface area contributed by atoms with Gasteiger partial charge in [-0.2, -0.15) is 0 Å². The zero-order valence-electron chi connectivity index (χ0n) is 13.2. The minimum atomic E-state index is -3.71. The Morgan fingerprint density at radius 1 is 1.39 bits per heavy atom. The van der Waals surface area contributed by atoms with Gasteiger partial charge in [0.2, 0.25) is 10.0 Å². The van der Waals surface area contributed by atoms with Crippen LogP contribution >= 0.6 is 0 Å². The molecule has 23 heavy (non-hydrogen) atoms. The van der Waals surface area contributed by atoms with Gasteiger partial charge in [-0.3, -0.25) is 15.0 Å². The molecule has 1 aromatic carbocycles. The number of aryl methyl sites for hydroxylation is 1. The van der Waals surface area contributed by atoms with Gasteiger partial charge in [0.25, 0.3) is 5.69 Å². The van der Waals surface area contributed by atoms with Crippen molar-refractivity contribution in [3.8, 4) is 0 Å². The molecule has 1 N–H and O–H groups in total. The van der Waals surface area contributed by atoms with Crippen LogP contribution in [0.2, 0.25) is 0 Å². The molecule has 1 saturated heterocycles. The number of non-ortho nitro benzene ring substituents is 1. The van der Waals surface area contributed by atoms with Gasteiger partial charge >= 0.3 is 0 Å². The number of nitrogens with one attached hydrogen (secondary N) is 1. The van der Waals surface area contributed by atoms with Crippen LogP contribution in [0.25, 0.3) is 0 Å². The van der Waals surface area contributed by atoms with E-state index in [1.54, 1.807) is 13.8 Å². The van der Waals surface area contributed by atoms with Crippen LogP contribution in [0.1, 0.15) is 12.5 Å². The van der Waals surface area contributed by atoms with Crippen LogP contribution < -0.4 is 4.72 Å². The first-order valence-corrected chi connectivity index (χ1v) is 8.85. The van der Waals surface area contributed by atoms with Gasteiger partial charge in [0, 0.05) is 37.8 Å². The van der Waals surface area contributed by atoms with E-state index in [2.05, 4.69) is 9.62 Å². The molecule has 1 aliphatic heterocycles. The molecule has 9 heteroatoms. The maximum Gasteiger partial charge on any atom is 0.269 e. The minimum Gasteiger partial charge on any atom is -0.379 e. The van der Waals surface area contributed by atoms with Crippen LogP contribution in [0.15, 0.2) is 23.1 Å². The lowest BCUT2D eigenvalue weighted by Gasteiger charge is -2.29. The van der Waals surface area contributed by atoms with Gasteiger partial charge < -0.3 is 4.74 Å². The number of rotatable bonds is 6. The molecule has 0 aromatic heterocycles. The first-order chi connectivity index (χ1) is 10.8. The summed E-state index contributed by atoms with van der Waals surface area (Å²) < 4.78 is 32.8. The van der Waals surface area contributed by atoms with Crippen molar-refractivity contribution >= 4 is 15.7 Å². The molecule has 0 bridgehead atoms. The quantitative estimate of drug-likeness (QED) is 0.608. The Labute approximate surface area is 135 Å². The van der Waals surface area contributed by atoms with Crippen molar-refractivity contribution in [2.75, 3.05) is 32.8 Å². The van der Waals surface area contributed by atoms with E-state index in [-0.39, 0.29) is 16.6 Å². The molecule has 1 unspecified atom stereocenters. The van der Waals surface area contributed by atoms with Crippen LogP contribution in [0.4, 0.5) is 5.69 Å². The number of morpholine rings is 1. The standard InChI is InChI=1S/C14H21N3O5S/c1-11-9-13(17(18)19)3-4-14(11)23(20,21)15-12(2)10-16-5-7-22-8-6-16/h3-4,9,12,15H,5-8,10H2,1-2H3. The highest BCUT2D eigenvalue weighted by Gasteiger charge is 2.23. The molecule has 0 aliphatic carbocycles. The highest BCUT2D eigenvalue weighted by atomic mass is 32.2. The molecule has 8 nitrogen and oxygen atoms in total. The number of nitro benzene ring substituents is 1. The number of sulfonamides is 1. The third-order valence-electron chi connectivity index (χ3n) is 3.65. The summed E-state index contributed by atoms with van der Waals surface area (Å²) in [4.78, 5) is 12.4. The topological polar surface area (TPSA) is 102 Å². The van der Waals surface area contributed by atoms with Crippen molar-refractivity contribution < 1.29 is 18.1 Å². The summed E-state index contributed by atoms with van der Waals surface area (Å²) in [6, 6.07) is 3.47. The van der Waals surface area contributed by atoms with Crippen molar-refractivity contribution in [1.82, 2.24) is 9.62 Å². The largest absolute Gasteiger partial charge is 0.379 e. The van der Waals surface area contributed by atoms with Crippen LogP contribution in [0, 0.1) is 17.0 Å². The van der Waals surface area contributed by atoms with Gasteiger partial charge in [0.1, 0.15) is 0 Å². The summed E-state index contributed by atoms with van der Waals surface area (Å²) in [5.41, 5.74) is 0.230. The molecular formula is C14H21N3O5S. The van der Waals surface area contributed by atoms with E-state index >= 15 is 0 Å². The smallest absolute Gasteiger partial charge is 0.269 e. The highest BCUT2D eigenvalue weighted by molar-refractivity contribution is 7.89. The summed E-state index contributed by atoms with van der Waals surface area (Å²) in [5.74, 6) is 0. The summed E-state index contributed by atoms with van der Waals surface area (Å²) >= 11 is 0. The van der Waals surface area contributed by atoms with E-state index in [0.29, 0.717) is 25.3 Å². The Bertz CT molecular complexity index is 671. The van der Waals surface area contributed by atoms with Crippen molar-refractivity contribution in [2.45, 2.75) is 24.8 Å². The Morgan fingerprint density at radius 2 is 2.04 bits per heavy atom. The molecule has 1 heterocycles. The fraction of sp³-hybridized carbons (Fsp3) is 0.571. The molecule has 0 saturated carbocycles. The molecular weight excluding hydrogens is 322 g/mol. The Balaban J connectivity index is 2.07. The van der Waals surface area contributed by atoms with Crippen molar-refractivity contribution in [1.29, 1.82) is 0 Å². The van der Waals surface area contributed by atoms with Crippen LogP contribution in [-0.4, -0.2) is 57.1 Å². The number of nitro groups is 1. The fourth-order valence-corrected chi connectivity index (χ4v) is 4.05. The summed E-state index contributed by atoms with van der Waals surface area (Å²) in [6.07, 6.45) is 0. The Morgan fingerprint density at radius 3 is 2.61 bits per heavy atom. The van der Waals surface area contributed by atoms with E-state index < -0.39 is 14.9 Å². The second-order valence-corrected chi connectivity index (χ2v) is 7.32. The average Bonchev–Trinajstić information content (AvgIpc) is 2.47. The molecule has 0 amide bonds. The lowest BCUT2D eigenvalue weighted by molar-refractivity contribution is -0.385. The second-order valence-electron chi connectivity index (χ2n) is 5.64. The molecule has 1 fully saturated rings. The van der Waals surface area contributed by atoms with Gasteiger partial charge in [-0.05, 0) is 25.5 Å². The van der Waals surface area contributed by atoms with E-state index in [4.69, 9.17) is 4.74 Å². The van der Waals surface area contributed by atoms with E-state index in [9.17, 15) is 18.5 Å². The number of ether oxygens (including phenoxy) is 1. The maximum absolute atomic E-state index is 12.5. The first kappa shape index (κ1) is 17.8. The third-order valence-corrected chi connectivity index (χ3v) is 5.40. The second kappa shape index (κ2) is 7.35. The normalized spacial score (nSPS) is 17.8. The zero-order chi connectivity index (χ0) is 17.0. The molecule has 0 spiro atoms. The molecule has 2 rings (SSSR count). The summed E-state index contributed by atoms with van der Waals surface area (Å²) in [6.45, 7) is 6.81. The predicted molar refractivity (Wildman–Crippen MR) is 84.9 cm³/mol. The van der Waals surface area contributed by atoms with E-state index in [0.717, 1.165) is 13.1 Å². The van der Waals surface area contributed by atoms with Gasteiger partial charge in [0.15, 0.2) is 0 Å². The van der Waals surface area contributed by atoms with Crippen molar-refractivity contribution in [3.63, 3.8) is 0 Å². The van der Waals surface area contributed by atoms with Crippen LogP contribution in [-0.2, 0) is 14.8 Å². The van der Waals surface area contributed by atoms with Gasteiger partial charge in [-0.1, -0.05) is 0 Å². The minimum absolute atomic E-state index is 0.0666. The van der Waals surface area contributed by atoms with Crippen molar-refractivity contribution in [3.05, 3.63) is 33.9 Å². The average molecular weight is 343 g/mol. The summed E-state index contributed by atoms with van der Waals surface area (Å²) in [7, 11) is -3.71. The van der Waals surface area contributed by atoms with Crippen LogP contribution in [0.3, 0.4) is 0 Å². The SMILES string of the molecule is Cc1cc([N+](=O)[O-])ccc1S(=O)(=O)NC(C)CN1CCOCC1. The van der Waals surface area contributed by atoms with E-state index in [1.165, 1.54) is 18.2 Å². The number of benzene rings is 1. The number of hydrogen-bond acceptors (Lipinski definition) is 6. The fourth-order valence-electron chi connectivity index (χ4n) is 2.59. The van der Waals surface area contributed by atoms with Gasteiger partial charge in [-0.15, -0.1) is 0 Å². The highest BCUT2D eigenvalue weighted by Crippen LogP contribution is 2.21. The number of hydrogen-bond donors (Lipinski definition) is 1. The number of nitrogens with zero attached hydrogens (tertiary/aromatic N) is 2. The van der Waals surface area contributed by atoms with Crippen LogP contribution in [0.5, 0.6) is 0 Å². The zero-order valence-corrected chi connectivity index (χ0v) is 14.0. The van der Waals surface area contributed by atoms with Gasteiger partial charge in [0.05, 0.1) is 23.0 Å². The predicted octanol–water partition coefficient (Wildman–Crippen LogP) is 0.902. The molecule has 1 atom stereocenters. The lowest BCUT2D eigenvalue weighted by Crippen LogP contribution is -2.46. The van der Waals surface area contributed by atoms with Crippen molar-refractivity contribution in [2.24, 2.45) is 0 Å². The van der Waals surface area contributed by atoms with Gasteiger partial charge in [-0.25, -0.2) is 13.1 Å². The first-order valence-electron chi connectivity index (χ1n) is 7.37. The Kier molecular flexibility index (Phi) is 5.69. The summed E-state index contributed by atoms with van der Waals surface area (Å²) in [5, 5.41) is 10.7. The third kappa shape index (κ3) is 4.71. The van der Waals surface area contributed by atoms with E-state index in [1.807, 2.05) is 0 Å².